The van der Waals surface area contributed by atoms with Crippen molar-refractivity contribution in [3.8, 4) is 18.2 Å². The van der Waals surface area contributed by atoms with Gasteiger partial charge in [-0.15, -0.1) is 0 Å². The molecule has 0 radical (unpaired) electrons. The quantitative estimate of drug-likeness (QED) is 0.820. The van der Waals surface area contributed by atoms with Gasteiger partial charge in [-0.3, -0.25) is 0 Å². The molecule has 102 valence electrons. The summed E-state index contributed by atoms with van der Waals surface area (Å²) in [6, 6.07) is 14.1. The minimum absolute atomic E-state index is 0.0289. The van der Waals surface area contributed by atoms with Crippen molar-refractivity contribution in [2.45, 2.75) is 5.79 Å². The van der Waals surface area contributed by atoms with E-state index in [2.05, 4.69) is 0 Å². The van der Waals surface area contributed by atoms with Gasteiger partial charge in [0.15, 0.2) is 0 Å². The third kappa shape index (κ3) is 1.99. The van der Waals surface area contributed by atoms with Crippen molar-refractivity contribution in [3.05, 3.63) is 58.5 Å². The molecule has 1 aliphatic heterocycles. The van der Waals surface area contributed by atoms with E-state index in [4.69, 9.17) is 25.7 Å². The smallest absolute Gasteiger partial charge is 0.269 e. The van der Waals surface area contributed by atoms with Crippen LogP contribution in [0.15, 0.2) is 52.9 Å². The van der Waals surface area contributed by atoms with Crippen LogP contribution in [0.3, 0.4) is 0 Å². The number of hydrogen-bond acceptors (Lipinski definition) is 6. The van der Waals surface area contributed by atoms with E-state index in [0.29, 0.717) is 5.56 Å². The topological polar surface area (TPSA) is 116 Å². The maximum atomic E-state index is 9.25. The highest BCUT2D eigenvalue weighted by Crippen LogP contribution is 2.46. The molecule has 0 saturated carbocycles. The number of allylic oxidation sites excluding steroid dienone is 1. The van der Waals surface area contributed by atoms with Crippen LogP contribution in [0.2, 0.25) is 0 Å². The van der Waals surface area contributed by atoms with Crippen molar-refractivity contribution in [2.24, 2.45) is 5.73 Å². The molecule has 0 spiro atoms. The summed E-state index contributed by atoms with van der Waals surface area (Å²) in [5.74, 6) is -1.75. The third-order valence-corrected chi connectivity index (χ3v) is 3.11. The molecule has 1 aromatic rings. The second kappa shape index (κ2) is 5.38. The molecule has 0 saturated heterocycles. The summed E-state index contributed by atoms with van der Waals surface area (Å²) < 4.78 is 11.0. The van der Waals surface area contributed by atoms with Gasteiger partial charge in [-0.25, -0.2) is 0 Å². The fourth-order valence-electron chi connectivity index (χ4n) is 2.20. The molecule has 1 aromatic carbocycles. The van der Waals surface area contributed by atoms with Crippen LogP contribution >= 0.6 is 0 Å². The maximum Gasteiger partial charge on any atom is 0.269 e. The van der Waals surface area contributed by atoms with Gasteiger partial charge in [0.25, 0.3) is 5.79 Å². The Morgan fingerprint density at radius 3 is 2.29 bits per heavy atom. The van der Waals surface area contributed by atoms with Crippen LogP contribution in [0.5, 0.6) is 0 Å². The Morgan fingerprint density at radius 2 is 1.81 bits per heavy atom. The Balaban J connectivity index is 2.82. The van der Waals surface area contributed by atoms with Gasteiger partial charge in [-0.05, 0) is 0 Å². The van der Waals surface area contributed by atoms with Crippen molar-refractivity contribution in [2.75, 3.05) is 7.11 Å². The average Bonchev–Trinajstić information content (AvgIpc) is 2.83. The van der Waals surface area contributed by atoms with Crippen LogP contribution in [0.4, 0.5) is 0 Å². The van der Waals surface area contributed by atoms with E-state index in [1.54, 1.807) is 42.5 Å². The first-order valence-electron chi connectivity index (χ1n) is 5.89. The minimum atomic E-state index is -1.57. The molecule has 21 heavy (non-hydrogen) atoms. The van der Waals surface area contributed by atoms with Crippen LogP contribution in [-0.2, 0) is 15.3 Å². The fraction of sp³-hybridized carbons (Fsp3) is 0.133. The highest BCUT2D eigenvalue weighted by atomic mass is 16.7. The third-order valence-electron chi connectivity index (χ3n) is 3.11. The Morgan fingerprint density at radius 1 is 1.19 bits per heavy atom. The summed E-state index contributed by atoms with van der Waals surface area (Å²) in [6.45, 7) is 0. The number of benzene rings is 1. The van der Waals surface area contributed by atoms with Gasteiger partial charge < -0.3 is 15.2 Å². The average molecular weight is 278 g/mol. The second-order valence-corrected chi connectivity index (χ2v) is 4.11. The van der Waals surface area contributed by atoms with Gasteiger partial charge in [-0.1, -0.05) is 30.3 Å². The molecule has 6 heteroatoms. The van der Waals surface area contributed by atoms with E-state index < -0.39 is 5.79 Å². The molecule has 1 aliphatic rings. The summed E-state index contributed by atoms with van der Waals surface area (Å²) >= 11 is 0. The van der Waals surface area contributed by atoms with E-state index in [1.165, 1.54) is 7.11 Å². The number of methoxy groups -OCH3 is 1. The lowest BCUT2D eigenvalue weighted by Crippen LogP contribution is -2.31. The van der Waals surface area contributed by atoms with Gasteiger partial charge in [0.05, 0.1) is 5.57 Å². The lowest BCUT2D eigenvalue weighted by Gasteiger charge is -2.29. The van der Waals surface area contributed by atoms with Crippen molar-refractivity contribution in [3.63, 3.8) is 0 Å². The van der Waals surface area contributed by atoms with Crippen molar-refractivity contribution in [1.29, 1.82) is 15.8 Å². The molecular weight excluding hydrogens is 268 g/mol. The molecule has 0 amide bonds. The summed E-state index contributed by atoms with van der Waals surface area (Å²) in [4.78, 5) is 0. The highest BCUT2D eigenvalue weighted by Gasteiger charge is 2.49. The lowest BCUT2D eigenvalue weighted by molar-refractivity contribution is -0.167. The Kier molecular flexibility index (Phi) is 3.63. The Labute approximate surface area is 121 Å². The molecule has 0 aliphatic carbocycles. The summed E-state index contributed by atoms with van der Waals surface area (Å²) in [5, 5.41) is 27.5. The van der Waals surface area contributed by atoms with Crippen molar-refractivity contribution >= 4 is 0 Å². The number of hydrogen-bond donors (Lipinski definition) is 1. The van der Waals surface area contributed by atoms with E-state index in [0.717, 1.165) is 0 Å². The molecule has 0 aromatic heterocycles. The van der Waals surface area contributed by atoms with Gasteiger partial charge in [0.2, 0.25) is 5.88 Å². The van der Waals surface area contributed by atoms with Gasteiger partial charge in [0, 0.05) is 12.7 Å². The molecule has 1 heterocycles. The van der Waals surface area contributed by atoms with E-state index in [9.17, 15) is 5.26 Å². The zero-order valence-corrected chi connectivity index (χ0v) is 11.1. The first-order chi connectivity index (χ1) is 10.1. The van der Waals surface area contributed by atoms with Crippen molar-refractivity contribution < 1.29 is 9.47 Å². The number of rotatable bonds is 2. The predicted molar refractivity (Wildman–Crippen MR) is 71.3 cm³/mol. The Bertz CT molecular complexity index is 744. The Hall–Kier alpha value is -3.27. The summed E-state index contributed by atoms with van der Waals surface area (Å²) in [7, 11) is 1.35. The molecule has 0 fully saturated rings. The maximum absolute atomic E-state index is 9.25. The lowest BCUT2D eigenvalue weighted by atomic mass is 9.90. The normalized spacial score (nSPS) is 20.2. The van der Waals surface area contributed by atoms with E-state index in [1.807, 2.05) is 6.07 Å². The number of nitrogens with two attached hydrogens (primary N) is 1. The SMILES string of the molecule is COC1(c2ccccc2)OC(N)=C(C#N)C1=C(C#N)C#N. The first-order valence-corrected chi connectivity index (χ1v) is 5.89. The van der Waals surface area contributed by atoms with E-state index in [-0.39, 0.29) is 22.6 Å². The summed E-state index contributed by atoms with van der Waals surface area (Å²) in [5.41, 5.74) is 5.92. The van der Waals surface area contributed by atoms with E-state index >= 15 is 0 Å². The fourth-order valence-corrected chi connectivity index (χ4v) is 2.20. The molecule has 0 bridgehead atoms. The predicted octanol–water partition coefficient (Wildman–Crippen LogP) is 1.55. The second-order valence-electron chi connectivity index (χ2n) is 4.11. The van der Waals surface area contributed by atoms with Crippen LogP contribution in [0, 0.1) is 34.0 Å². The minimum Gasteiger partial charge on any atom is -0.437 e. The van der Waals surface area contributed by atoms with Crippen LogP contribution in [-0.4, -0.2) is 7.11 Å². The molecule has 6 nitrogen and oxygen atoms in total. The zero-order chi connectivity index (χ0) is 15.5. The molecule has 1 unspecified atom stereocenters. The van der Waals surface area contributed by atoms with Crippen molar-refractivity contribution in [1.82, 2.24) is 0 Å². The molecule has 2 N–H and O–H groups in total. The number of nitrogens with zero attached hydrogens (tertiary/aromatic N) is 3. The number of nitriles is 3. The highest BCUT2D eigenvalue weighted by molar-refractivity contribution is 5.61. The molecule has 1 atom stereocenters. The van der Waals surface area contributed by atoms with Gasteiger partial charge >= 0.3 is 0 Å². The number of ether oxygens (including phenoxy) is 2. The molecular formula is C15H10N4O2. The summed E-state index contributed by atoms with van der Waals surface area (Å²) in [6.07, 6.45) is 0. The van der Waals surface area contributed by atoms with Crippen LogP contribution < -0.4 is 5.73 Å². The molecule has 2 rings (SSSR count). The zero-order valence-electron chi connectivity index (χ0n) is 11.1. The standard InChI is InChI=1S/C15H10N4O2/c1-20-15(11-5-3-2-4-6-11)13(10(7-16)8-17)12(9-18)14(19)21-15/h2-6H,19H2,1H3. The first kappa shape index (κ1) is 14.1. The monoisotopic (exact) mass is 278 g/mol. The van der Waals surface area contributed by atoms with Crippen LogP contribution in [0.1, 0.15) is 5.56 Å². The largest absolute Gasteiger partial charge is 0.437 e. The van der Waals surface area contributed by atoms with Crippen LogP contribution in [0.25, 0.3) is 0 Å². The van der Waals surface area contributed by atoms with Gasteiger partial charge in [0.1, 0.15) is 29.4 Å². The van der Waals surface area contributed by atoms with Gasteiger partial charge in [-0.2, -0.15) is 15.8 Å².